The maximum atomic E-state index is 9.23. The van der Waals surface area contributed by atoms with Crippen LogP contribution in [0.4, 0.5) is 0 Å². The molecule has 0 spiro atoms. The van der Waals surface area contributed by atoms with Crippen LogP contribution in [-0.2, 0) is 0 Å². The quantitative estimate of drug-likeness (QED) is 0.785. The molecule has 0 aliphatic carbocycles. The molecule has 0 bridgehead atoms. The molecule has 1 rings (SSSR count). The largest absolute Gasteiger partial charge is 0.497 e. The lowest BCUT2D eigenvalue weighted by atomic mass is 10.1. The van der Waals surface area contributed by atoms with Gasteiger partial charge in [0.15, 0.2) is 0 Å². The predicted molar refractivity (Wildman–Crippen MR) is 56.5 cm³/mol. The fraction of sp³-hybridized carbons (Fsp3) is 0.455. The van der Waals surface area contributed by atoms with E-state index in [1.165, 1.54) is 0 Å². The highest BCUT2D eigenvalue weighted by molar-refractivity contribution is 5.30. The summed E-state index contributed by atoms with van der Waals surface area (Å²) in [5.74, 6) is 0.822. The number of aliphatic hydroxyl groups excluding tert-OH is 1. The van der Waals surface area contributed by atoms with E-state index in [0.717, 1.165) is 11.3 Å². The molecule has 3 heteroatoms. The van der Waals surface area contributed by atoms with Crippen LogP contribution in [0.2, 0.25) is 0 Å². The van der Waals surface area contributed by atoms with Crippen molar-refractivity contribution in [1.29, 1.82) is 0 Å². The number of hydrogen-bond donors (Lipinski definition) is 1. The van der Waals surface area contributed by atoms with Crippen LogP contribution in [0.3, 0.4) is 0 Å². The lowest BCUT2D eigenvalue weighted by Crippen LogP contribution is -2.22. The van der Waals surface area contributed by atoms with Gasteiger partial charge in [0.1, 0.15) is 5.75 Å². The maximum Gasteiger partial charge on any atom is 0.119 e. The molecule has 3 nitrogen and oxygen atoms in total. The van der Waals surface area contributed by atoms with Gasteiger partial charge < -0.3 is 14.7 Å². The summed E-state index contributed by atoms with van der Waals surface area (Å²) < 4.78 is 5.13. The van der Waals surface area contributed by atoms with Crippen molar-refractivity contribution in [3.8, 4) is 5.75 Å². The molecule has 78 valence electrons. The molecule has 1 aromatic carbocycles. The lowest BCUT2D eigenvalue weighted by Gasteiger charge is -2.22. The molecule has 0 amide bonds. The van der Waals surface area contributed by atoms with Crippen LogP contribution in [-0.4, -0.2) is 37.8 Å². The van der Waals surface area contributed by atoms with Crippen molar-refractivity contribution in [3.63, 3.8) is 0 Å². The van der Waals surface area contributed by atoms with Gasteiger partial charge in [0.2, 0.25) is 0 Å². The van der Waals surface area contributed by atoms with Crippen LogP contribution in [0.15, 0.2) is 24.3 Å². The Hall–Kier alpha value is -1.06. The minimum atomic E-state index is 0.0325. The molecule has 1 aromatic rings. The van der Waals surface area contributed by atoms with Crippen molar-refractivity contribution in [2.24, 2.45) is 0 Å². The minimum Gasteiger partial charge on any atom is -0.497 e. The van der Waals surface area contributed by atoms with Gasteiger partial charge in [0, 0.05) is 0 Å². The third-order valence-electron chi connectivity index (χ3n) is 2.27. The number of rotatable bonds is 4. The highest BCUT2D eigenvalue weighted by Gasteiger charge is 2.12. The minimum absolute atomic E-state index is 0.0325. The number of hydrogen-bond acceptors (Lipinski definition) is 3. The summed E-state index contributed by atoms with van der Waals surface area (Å²) in [5, 5.41) is 9.23. The van der Waals surface area contributed by atoms with E-state index in [1.807, 2.05) is 43.3 Å². The monoisotopic (exact) mass is 195 g/mol. The summed E-state index contributed by atoms with van der Waals surface area (Å²) in [6.07, 6.45) is 0. The fourth-order valence-electron chi connectivity index (χ4n) is 1.42. The van der Waals surface area contributed by atoms with E-state index in [0.29, 0.717) is 0 Å². The van der Waals surface area contributed by atoms with Gasteiger partial charge in [-0.3, -0.25) is 0 Å². The zero-order chi connectivity index (χ0) is 10.6. The number of likely N-dealkylation sites (N-methyl/N-ethyl adjacent to an activating group) is 1. The van der Waals surface area contributed by atoms with Gasteiger partial charge in [0.05, 0.1) is 19.8 Å². The first kappa shape index (κ1) is 11.0. The summed E-state index contributed by atoms with van der Waals surface area (Å²) in [5.41, 5.74) is 1.07. The van der Waals surface area contributed by atoms with E-state index in [-0.39, 0.29) is 12.6 Å². The molecule has 1 unspecified atom stereocenters. The van der Waals surface area contributed by atoms with E-state index >= 15 is 0 Å². The predicted octanol–water partition coefficient (Wildman–Crippen LogP) is 1.29. The Bertz CT molecular complexity index is 286. The highest BCUT2D eigenvalue weighted by atomic mass is 16.5. The third kappa shape index (κ3) is 2.47. The molecule has 0 heterocycles. The number of aliphatic hydroxyl groups is 1. The summed E-state index contributed by atoms with van der Waals surface area (Å²) in [6.45, 7) is 0.111. The SMILES string of the molecule is COc1cccc(C(CO)N(C)C)c1. The van der Waals surface area contributed by atoms with Gasteiger partial charge in [0.25, 0.3) is 0 Å². The summed E-state index contributed by atoms with van der Waals surface area (Å²) in [4.78, 5) is 1.98. The van der Waals surface area contributed by atoms with Crippen LogP contribution < -0.4 is 4.74 Å². The van der Waals surface area contributed by atoms with Gasteiger partial charge >= 0.3 is 0 Å². The molecule has 0 aliphatic heterocycles. The lowest BCUT2D eigenvalue weighted by molar-refractivity contribution is 0.170. The zero-order valence-corrected chi connectivity index (χ0v) is 8.90. The Morgan fingerprint density at radius 1 is 1.43 bits per heavy atom. The Morgan fingerprint density at radius 2 is 2.14 bits per heavy atom. The summed E-state index contributed by atoms with van der Waals surface area (Å²) in [7, 11) is 5.53. The van der Waals surface area contributed by atoms with Gasteiger partial charge in [-0.25, -0.2) is 0 Å². The van der Waals surface area contributed by atoms with Crippen molar-refractivity contribution < 1.29 is 9.84 Å². The third-order valence-corrected chi connectivity index (χ3v) is 2.27. The second-order valence-corrected chi connectivity index (χ2v) is 3.44. The van der Waals surface area contributed by atoms with Crippen LogP contribution >= 0.6 is 0 Å². The number of methoxy groups -OCH3 is 1. The molecule has 0 radical (unpaired) electrons. The van der Waals surface area contributed by atoms with Crippen molar-refractivity contribution in [2.45, 2.75) is 6.04 Å². The molecule has 0 fully saturated rings. The average molecular weight is 195 g/mol. The standard InChI is InChI=1S/C11H17NO2/c1-12(2)11(8-13)9-5-4-6-10(7-9)14-3/h4-7,11,13H,8H2,1-3H3. The van der Waals surface area contributed by atoms with Gasteiger partial charge in [-0.1, -0.05) is 12.1 Å². The fourth-order valence-corrected chi connectivity index (χ4v) is 1.42. The topological polar surface area (TPSA) is 32.7 Å². The molecule has 0 saturated heterocycles. The van der Waals surface area contributed by atoms with E-state index in [1.54, 1.807) is 7.11 Å². The number of benzene rings is 1. The summed E-state index contributed by atoms with van der Waals surface area (Å²) in [6, 6.07) is 7.79. The van der Waals surface area contributed by atoms with E-state index in [4.69, 9.17) is 4.74 Å². The first-order valence-electron chi connectivity index (χ1n) is 4.60. The smallest absolute Gasteiger partial charge is 0.119 e. The second-order valence-electron chi connectivity index (χ2n) is 3.44. The molecule has 0 aromatic heterocycles. The number of nitrogens with zero attached hydrogens (tertiary/aromatic N) is 1. The maximum absolute atomic E-state index is 9.23. The molecular weight excluding hydrogens is 178 g/mol. The van der Waals surface area contributed by atoms with Crippen LogP contribution in [0.5, 0.6) is 5.75 Å². The molecular formula is C11H17NO2. The Kier molecular flexibility index (Phi) is 3.92. The van der Waals surface area contributed by atoms with Crippen molar-refractivity contribution in [1.82, 2.24) is 4.90 Å². The second kappa shape index (κ2) is 4.98. The van der Waals surface area contributed by atoms with Gasteiger partial charge in [-0.15, -0.1) is 0 Å². The van der Waals surface area contributed by atoms with Crippen molar-refractivity contribution in [3.05, 3.63) is 29.8 Å². The average Bonchev–Trinajstić information content (AvgIpc) is 2.19. The van der Waals surface area contributed by atoms with E-state index in [2.05, 4.69) is 0 Å². The molecule has 14 heavy (non-hydrogen) atoms. The van der Waals surface area contributed by atoms with Crippen molar-refractivity contribution in [2.75, 3.05) is 27.8 Å². The van der Waals surface area contributed by atoms with E-state index in [9.17, 15) is 5.11 Å². The first-order chi connectivity index (χ1) is 6.69. The Labute approximate surface area is 84.9 Å². The molecule has 1 atom stereocenters. The van der Waals surface area contributed by atoms with Gasteiger partial charge in [-0.2, -0.15) is 0 Å². The molecule has 1 N–H and O–H groups in total. The molecule has 0 aliphatic rings. The van der Waals surface area contributed by atoms with Gasteiger partial charge in [-0.05, 0) is 31.8 Å². The Morgan fingerprint density at radius 3 is 2.64 bits per heavy atom. The van der Waals surface area contributed by atoms with Crippen molar-refractivity contribution >= 4 is 0 Å². The zero-order valence-electron chi connectivity index (χ0n) is 8.90. The number of ether oxygens (including phenoxy) is 1. The first-order valence-corrected chi connectivity index (χ1v) is 4.60. The van der Waals surface area contributed by atoms with Crippen LogP contribution in [0, 0.1) is 0 Å². The Balaban J connectivity index is 2.92. The highest BCUT2D eigenvalue weighted by Crippen LogP contribution is 2.21. The summed E-state index contributed by atoms with van der Waals surface area (Å²) >= 11 is 0. The van der Waals surface area contributed by atoms with Crippen LogP contribution in [0.1, 0.15) is 11.6 Å². The normalized spacial score (nSPS) is 12.9. The molecule has 0 saturated carbocycles. The van der Waals surface area contributed by atoms with Crippen LogP contribution in [0.25, 0.3) is 0 Å². The van der Waals surface area contributed by atoms with E-state index < -0.39 is 0 Å².